The first-order chi connectivity index (χ1) is 12.6. The van der Waals surface area contributed by atoms with Crippen LogP contribution in [-0.2, 0) is 0 Å². The molecule has 1 atom stereocenters. The van der Waals surface area contributed by atoms with Crippen molar-refractivity contribution in [1.29, 1.82) is 0 Å². The molecule has 3 rings (SSSR count). The van der Waals surface area contributed by atoms with Gasteiger partial charge < -0.3 is 16.0 Å². The summed E-state index contributed by atoms with van der Waals surface area (Å²) < 4.78 is 0. The summed E-state index contributed by atoms with van der Waals surface area (Å²) in [5.41, 5.74) is 9.02. The first kappa shape index (κ1) is 18.3. The fourth-order valence-corrected chi connectivity index (χ4v) is 3.88. The van der Waals surface area contributed by atoms with E-state index in [4.69, 9.17) is 5.73 Å². The fourth-order valence-electron chi connectivity index (χ4n) is 3.01. The van der Waals surface area contributed by atoms with E-state index in [1.54, 1.807) is 23.8 Å². The Morgan fingerprint density at radius 3 is 3.12 bits per heavy atom. The monoisotopic (exact) mass is 369 g/mol. The van der Waals surface area contributed by atoms with Gasteiger partial charge in [-0.1, -0.05) is 18.7 Å². The van der Waals surface area contributed by atoms with Crippen molar-refractivity contribution < 1.29 is 4.79 Å². The van der Waals surface area contributed by atoms with Crippen LogP contribution in [0.3, 0.4) is 0 Å². The molecule has 1 amide bonds. The lowest BCUT2D eigenvalue weighted by Crippen LogP contribution is -2.43. The van der Waals surface area contributed by atoms with Gasteiger partial charge in [-0.2, -0.15) is 0 Å². The quantitative estimate of drug-likeness (QED) is 0.790. The minimum absolute atomic E-state index is 0.153. The molecular weight excluding hydrogens is 346 g/mol. The number of anilines is 2. The van der Waals surface area contributed by atoms with Gasteiger partial charge in [0, 0.05) is 36.3 Å². The minimum atomic E-state index is -0.248. The number of amides is 1. The molecule has 1 fully saturated rings. The van der Waals surface area contributed by atoms with Crippen LogP contribution in [0.15, 0.2) is 42.6 Å². The molecule has 0 bridgehead atoms. The molecule has 2 aromatic rings. The molecule has 0 saturated carbocycles. The van der Waals surface area contributed by atoms with Crippen molar-refractivity contribution in [3.63, 3.8) is 0 Å². The summed E-state index contributed by atoms with van der Waals surface area (Å²) in [6, 6.07) is 2.06. The summed E-state index contributed by atoms with van der Waals surface area (Å²) >= 11 is 1.42. The zero-order valence-corrected chi connectivity index (χ0v) is 15.6. The predicted molar refractivity (Wildman–Crippen MR) is 108 cm³/mol. The van der Waals surface area contributed by atoms with Gasteiger partial charge >= 0.3 is 0 Å². The van der Waals surface area contributed by atoms with Gasteiger partial charge in [-0.05, 0) is 25.8 Å². The number of carbonyl (C=O) groups excluding carboxylic acids is 1. The van der Waals surface area contributed by atoms with Crippen LogP contribution < -0.4 is 16.0 Å². The third-order valence-electron chi connectivity index (χ3n) is 4.36. The maximum atomic E-state index is 12.6. The Morgan fingerprint density at radius 1 is 1.54 bits per heavy atom. The Balaban J connectivity index is 1.79. The number of nitrogens with zero attached hydrogens (tertiary/aromatic N) is 3. The lowest BCUT2D eigenvalue weighted by molar-refractivity contribution is 0.102. The molecule has 1 aliphatic rings. The second-order valence-electron chi connectivity index (χ2n) is 6.18. The number of aromatic nitrogens is 2. The molecule has 0 spiro atoms. The molecule has 26 heavy (non-hydrogen) atoms. The van der Waals surface area contributed by atoms with Gasteiger partial charge in [0.25, 0.3) is 5.91 Å². The van der Waals surface area contributed by atoms with Crippen LogP contribution in [0.4, 0.5) is 11.4 Å². The Kier molecular flexibility index (Phi) is 5.80. The van der Waals surface area contributed by atoms with Gasteiger partial charge in [0.05, 0.1) is 17.6 Å². The number of hydrogen-bond acceptors (Lipinski definition) is 6. The summed E-state index contributed by atoms with van der Waals surface area (Å²) in [5, 5.41) is 5.48. The van der Waals surface area contributed by atoms with Crippen LogP contribution in [0.5, 0.6) is 0 Å². The van der Waals surface area contributed by atoms with E-state index < -0.39 is 0 Å². The van der Waals surface area contributed by atoms with Crippen molar-refractivity contribution in [2.24, 2.45) is 5.73 Å². The molecule has 3 N–H and O–H groups in total. The predicted octanol–water partition coefficient (Wildman–Crippen LogP) is 3.31. The molecule has 7 heteroatoms. The zero-order valence-electron chi connectivity index (χ0n) is 14.8. The second kappa shape index (κ2) is 8.25. The third kappa shape index (κ3) is 4.00. The van der Waals surface area contributed by atoms with Crippen LogP contribution >= 0.6 is 11.3 Å². The molecule has 136 valence electrons. The van der Waals surface area contributed by atoms with Crippen molar-refractivity contribution in [2.75, 3.05) is 23.3 Å². The smallest absolute Gasteiger partial charge is 0.275 e. The van der Waals surface area contributed by atoms with E-state index in [0.29, 0.717) is 11.4 Å². The molecule has 1 aliphatic heterocycles. The van der Waals surface area contributed by atoms with E-state index in [0.717, 1.165) is 42.2 Å². The lowest BCUT2D eigenvalue weighted by atomic mass is 10.1. The molecule has 0 aromatic carbocycles. The van der Waals surface area contributed by atoms with Gasteiger partial charge in [0.15, 0.2) is 0 Å². The van der Waals surface area contributed by atoms with Crippen molar-refractivity contribution >= 4 is 34.2 Å². The van der Waals surface area contributed by atoms with Gasteiger partial charge in [0.1, 0.15) is 10.7 Å². The Bertz CT molecular complexity index is 829. The molecule has 1 unspecified atom stereocenters. The van der Waals surface area contributed by atoms with Crippen LogP contribution in [0, 0.1) is 0 Å². The van der Waals surface area contributed by atoms with E-state index in [2.05, 4.69) is 26.8 Å². The lowest BCUT2D eigenvalue weighted by Gasteiger charge is -2.33. The maximum Gasteiger partial charge on any atom is 0.275 e. The summed E-state index contributed by atoms with van der Waals surface area (Å²) in [6.45, 7) is 7.39. The van der Waals surface area contributed by atoms with Crippen molar-refractivity contribution in [3.05, 3.63) is 53.3 Å². The minimum Gasteiger partial charge on any atom is -0.368 e. The van der Waals surface area contributed by atoms with Gasteiger partial charge in [0.2, 0.25) is 0 Å². The zero-order chi connectivity index (χ0) is 18.5. The van der Waals surface area contributed by atoms with E-state index in [-0.39, 0.29) is 11.9 Å². The molecule has 2 aromatic heterocycles. The highest BCUT2D eigenvalue weighted by molar-refractivity contribution is 7.11. The Morgan fingerprint density at radius 2 is 2.38 bits per heavy atom. The largest absolute Gasteiger partial charge is 0.368 e. The fraction of sp³-hybridized carbons (Fsp3) is 0.316. The standard InChI is InChI=1S/C19H23N5OS/c1-3-13(4-2)19-23-16(12-26-19)18(25)22-15-10-21-8-7-17(15)24-9-5-6-14(20)11-24/h3-4,7-8,10,12,14H,1,5-6,9,11,20H2,2H3,(H,22,25). The number of nitrogens with two attached hydrogens (primary N) is 1. The number of allylic oxidation sites excluding steroid dienone is 3. The topological polar surface area (TPSA) is 84.1 Å². The highest BCUT2D eigenvalue weighted by Crippen LogP contribution is 2.28. The van der Waals surface area contributed by atoms with Crippen molar-refractivity contribution in [3.8, 4) is 0 Å². The normalized spacial score (nSPS) is 17.8. The highest BCUT2D eigenvalue weighted by Gasteiger charge is 2.21. The molecule has 0 radical (unpaired) electrons. The molecule has 6 nitrogen and oxygen atoms in total. The molecule has 3 heterocycles. The first-order valence-corrected chi connectivity index (χ1v) is 9.51. The molecular formula is C19H23N5OS. The summed E-state index contributed by atoms with van der Waals surface area (Å²) in [4.78, 5) is 23.4. The van der Waals surface area contributed by atoms with Crippen molar-refractivity contribution in [2.45, 2.75) is 25.8 Å². The van der Waals surface area contributed by atoms with E-state index in [9.17, 15) is 4.79 Å². The molecule has 1 saturated heterocycles. The molecule has 0 aliphatic carbocycles. The van der Waals surface area contributed by atoms with Crippen molar-refractivity contribution in [1.82, 2.24) is 9.97 Å². The average Bonchev–Trinajstić information content (AvgIpc) is 3.13. The van der Waals surface area contributed by atoms with Gasteiger partial charge in [-0.25, -0.2) is 4.98 Å². The summed E-state index contributed by atoms with van der Waals surface area (Å²) in [7, 11) is 0. The number of pyridine rings is 1. The van der Waals surface area contributed by atoms with E-state index >= 15 is 0 Å². The average molecular weight is 369 g/mol. The number of hydrogen-bond donors (Lipinski definition) is 2. The number of carbonyl (C=O) groups is 1. The first-order valence-electron chi connectivity index (χ1n) is 8.63. The second-order valence-corrected chi connectivity index (χ2v) is 7.04. The number of rotatable bonds is 5. The van der Waals surface area contributed by atoms with Crippen LogP contribution in [-0.4, -0.2) is 35.0 Å². The third-order valence-corrected chi connectivity index (χ3v) is 5.25. The number of thiazole rings is 1. The maximum absolute atomic E-state index is 12.6. The van der Waals surface area contributed by atoms with Gasteiger partial charge in [-0.15, -0.1) is 11.3 Å². The van der Waals surface area contributed by atoms with Crippen LogP contribution in [0.25, 0.3) is 5.57 Å². The Hall–Kier alpha value is -2.51. The number of nitrogens with one attached hydrogen (secondary N) is 1. The van der Waals surface area contributed by atoms with Crippen LogP contribution in [0.1, 0.15) is 35.3 Å². The Labute approximate surface area is 157 Å². The van der Waals surface area contributed by atoms with E-state index in [1.807, 2.05) is 19.1 Å². The summed E-state index contributed by atoms with van der Waals surface area (Å²) in [6.07, 6.45) is 9.13. The van der Waals surface area contributed by atoms with Crippen LogP contribution in [0.2, 0.25) is 0 Å². The summed E-state index contributed by atoms with van der Waals surface area (Å²) in [5.74, 6) is -0.248. The highest BCUT2D eigenvalue weighted by atomic mass is 32.1. The number of piperidine rings is 1. The SMILES string of the molecule is C=CC(=CC)c1nc(C(=O)Nc2cnccc2N2CCCC(N)C2)cs1. The van der Waals surface area contributed by atoms with Gasteiger partial charge in [-0.3, -0.25) is 9.78 Å². The van der Waals surface area contributed by atoms with E-state index in [1.165, 1.54) is 11.3 Å².